The summed E-state index contributed by atoms with van der Waals surface area (Å²) in [5.74, 6) is 1.94. The Balaban J connectivity index is 1.39. The van der Waals surface area contributed by atoms with Crippen LogP contribution in [0.5, 0.6) is 0 Å². The SMILES string of the molecule is C=CC=NCc1ccc2c(c1)c1ccc3c(c1n2-c1ccccn1)CCc1cc2c4cc(C(N=CC=C)=NC)ccc4n(C(=N)/C=C\C)c2cc1-3. The van der Waals surface area contributed by atoms with Crippen LogP contribution < -0.4 is 0 Å². The molecule has 0 atom stereocenters. The molecule has 0 saturated carbocycles. The predicted octanol–water partition coefficient (Wildman–Crippen LogP) is 9.84. The fourth-order valence-electron chi connectivity index (χ4n) is 7.63. The molecular weight excluding hydrogens is 627 g/mol. The molecule has 0 spiro atoms. The molecule has 7 aromatic rings. The van der Waals surface area contributed by atoms with E-state index in [4.69, 9.17) is 10.4 Å². The van der Waals surface area contributed by atoms with Gasteiger partial charge in [-0.05, 0) is 108 Å². The van der Waals surface area contributed by atoms with Crippen molar-refractivity contribution in [1.29, 1.82) is 5.41 Å². The van der Waals surface area contributed by atoms with Crippen LogP contribution in [0.1, 0.15) is 29.2 Å². The second kappa shape index (κ2) is 13.1. The van der Waals surface area contributed by atoms with Crippen LogP contribution in [-0.2, 0) is 19.4 Å². The molecule has 0 amide bonds. The van der Waals surface area contributed by atoms with Gasteiger partial charge in [0.15, 0.2) is 5.84 Å². The molecule has 1 aliphatic carbocycles. The summed E-state index contributed by atoms with van der Waals surface area (Å²) in [6.45, 7) is 10.1. The highest BCUT2D eigenvalue weighted by atomic mass is 15.1. The molecule has 4 aromatic carbocycles. The fraction of sp³-hybridized carbons (Fsp3) is 0.114. The number of pyridine rings is 1. The number of rotatable bonds is 7. The smallest absolute Gasteiger partial charge is 0.154 e. The molecule has 3 heterocycles. The Morgan fingerprint density at radius 3 is 2.45 bits per heavy atom. The Hall–Kier alpha value is -6.47. The van der Waals surface area contributed by atoms with E-state index in [0.29, 0.717) is 18.2 Å². The summed E-state index contributed by atoms with van der Waals surface area (Å²) in [5.41, 5.74) is 11.4. The predicted molar refractivity (Wildman–Crippen MR) is 216 cm³/mol. The molecule has 1 aliphatic rings. The first kappa shape index (κ1) is 31.8. The van der Waals surface area contributed by atoms with Crippen LogP contribution in [-0.4, -0.2) is 45.3 Å². The highest BCUT2D eigenvalue weighted by molar-refractivity contribution is 6.19. The average Bonchev–Trinajstić information content (AvgIpc) is 3.66. The van der Waals surface area contributed by atoms with Gasteiger partial charge in [0.25, 0.3) is 0 Å². The summed E-state index contributed by atoms with van der Waals surface area (Å²) in [6, 6.07) is 28.2. The zero-order valence-corrected chi connectivity index (χ0v) is 28.8. The molecule has 0 fully saturated rings. The van der Waals surface area contributed by atoms with E-state index in [2.05, 4.69) is 97.9 Å². The summed E-state index contributed by atoms with van der Waals surface area (Å²) in [5, 5.41) is 13.7. The number of nitrogens with zero attached hydrogens (tertiary/aromatic N) is 6. The first-order valence-electron chi connectivity index (χ1n) is 17.1. The molecule has 7 nitrogen and oxygen atoms in total. The van der Waals surface area contributed by atoms with Crippen molar-refractivity contribution in [1.82, 2.24) is 14.1 Å². The van der Waals surface area contributed by atoms with Crippen molar-refractivity contribution in [3.63, 3.8) is 0 Å². The molecule has 0 radical (unpaired) electrons. The number of aliphatic imine (C=N–C) groups is 3. The summed E-state index contributed by atoms with van der Waals surface area (Å²) in [4.78, 5) is 18.3. The van der Waals surface area contributed by atoms with Crippen molar-refractivity contribution in [3.8, 4) is 16.9 Å². The van der Waals surface area contributed by atoms with Crippen LogP contribution in [0, 0.1) is 5.41 Å². The molecule has 0 saturated heterocycles. The number of amidine groups is 1. The molecule has 8 rings (SSSR count). The Labute approximate surface area is 296 Å². The normalized spacial score (nSPS) is 13.3. The molecule has 7 heteroatoms. The number of hydrogen-bond acceptors (Lipinski definition) is 4. The second-order valence-corrected chi connectivity index (χ2v) is 12.6. The third-order valence-electron chi connectivity index (χ3n) is 9.72. The first-order valence-corrected chi connectivity index (χ1v) is 17.1. The standard InChI is InChI=1S/C44H37N7/c1-5-10-41(45)50-38-19-14-30(44(46-4)49-21-7-3)25-36(38)37-24-29-13-15-32-31(34(29)26-40(37)50)16-17-33-35-23-28(27-47-20-6-2)12-18-39(35)51(43(32)33)42-11-8-9-22-48-42/h5-12,14,16-26,45H,2-3,13,15,27H2,1,4H3/b10-5-,45-41?,46-44?,47-20?,49-21?. The highest BCUT2D eigenvalue weighted by Crippen LogP contribution is 2.44. The lowest BCUT2D eigenvalue weighted by Gasteiger charge is -2.22. The Kier molecular flexibility index (Phi) is 8.16. The Morgan fingerprint density at radius 2 is 1.67 bits per heavy atom. The number of allylic oxidation sites excluding steroid dienone is 4. The van der Waals surface area contributed by atoms with Crippen LogP contribution >= 0.6 is 0 Å². The summed E-state index contributed by atoms with van der Waals surface area (Å²) < 4.78 is 4.38. The number of nitrogens with one attached hydrogen (secondary N) is 1. The van der Waals surface area contributed by atoms with Crippen LogP contribution in [0.3, 0.4) is 0 Å². The molecule has 0 aliphatic heterocycles. The number of aromatic nitrogens is 3. The molecule has 51 heavy (non-hydrogen) atoms. The van der Waals surface area contributed by atoms with E-state index in [-0.39, 0.29) is 0 Å². The zero-order chi connectivity index (χ0) is 35.1. The monoisotopic (exact) mass is 663 g/mol. The molecule has 248 valence electrons. The molecule has 3 aromatic heterocycles. The summed E-state index contributed by atoms with van der Waals surface area (Å²) in [6.07, 6.45) is 14.2. The maximum absolute atomic E-state index is 9.12. The van der Waals surface area contributed by atoms with Gasteiger partial charge in [-0.3, -0.25) is 24.5 Å². The van der Waals surface area contributed by atoms with Gasteiger partial charge in [0, 0.05) is 52.8 Å². The van der Waals surface area contributed by atoms with E-state index in [9.17, 15) is 0 Å². The van der Waals surface area contributed by atoms with Gasteiger partial charge in [-0.15, -0.1) is 0 Å². The minimum atomic E-state index is 0.411. The fourth-order valence-corrected chi connectivity index (χ4v) is 7.63. The quantitative estimate of drug-likeness (QED) is 0.134. The number of aryl methyl sites for hydroxylation is 2. The minimum absolute atomic E-state index is 0.411. The lowest BCUT2D eigenvalue weighted by atomic mass is 9.83. The topological polar surface area (TPSA) is 83.7 Å². The number of fused-ring (bicyclic) bond motifs is 10. The van der Waals surface area contributed by atoms with Crippen molar-refractivity contribution < 1.29 is 0 Å². The third-order valence-corrected chi connectivity index (χ3v) is 9.72. The zero-order valence-electron chi connectivity index (χ0n) is 28.8. The van der Waals surface area contributed by atoms with Crippen molar-refractivity contribution >= 4 is 67.7 Å². The van der Waals surface area contributed by atoms with Crippen molar-refractivity contribution in [2.75, 3.05) is 7.05 Å². The molecule has 0 bridgehead atoms. The second-order valence-electron chi connectivity index (χ2n) is 12.6. The van der Waals surface area contributed by atoms with Gasteiger partial charge in [0.05, 0.1) is 28.6 Å². The minimum Gasteiger partial charge on any atom is -0.294 e. The Morgan fingerprint density at radius 1 is 0.843 bits per heavy atom. The van der Waals surface area contributed by atoms with Gasteiger partial charge in [0.1, 0.15) is 11.7 Å². The highest BCUT2D eigenvalue weighted by Gasteiger charge is 2.26. The van der Waals surface area contributed by atoms with Crippen molar-refractivity contribution in [2.24, 2.45) is 15.0 Å². The molecule has 0 unspecified atom stereocenters. The Bertz CT molecular complexity index is 2680. The van der Waals surface area contributed by atoms with E-state index in [1.54, 1.807) is 31.6 Å². The molecule has 1 N–H and O–H groups in total. The third kappa shape index (κ3) is 5.25. The van der Waals surface area contributed by atoms with Crippen LogP contribution in [0.15, 0.2) is 137 Å². The maximum atomic E-state index is 9.12. The van der Waals surface area contributed by atoms with Crippen LogP contribution in [0.2, 0.25) is 0 Å². The van der Waals surface area contributed by atoms with Gasteiger partial charge in [-0.2, -0.15) is 0 Å². The van der Waals surface area contributed by atoms with Crippen molar-refractivity contribution in [2.45, 2.75) is 26.3 Å². The van der Waals surface area contributed by atoms with E-state index < -0.39 is 0 Å². The first-order chi connectivity index (χ1) is 25.1. The van der Waals surface area contributed by atoms with E-state index in [0.717, 1.165) is 57.1 Å². The summed E-state index contributed by atoms with van der Waals surface area (Å²) in [7, 11) is 1.75. The van der Waals surface area contributed by atoms with Gasteiger partial charge >= 0.3 is 0 Å². The van der Waals surface area contributed by atoms with E-state index in [1.165, 1.54) is 38.5 Å². The lowest BCUT2D eigenvalue weighted by Crippen LogP contribution is -2.09. The summed E-state index contributed by atoms with van der Waals surface area (Å²) >= 11 is 0. The van der Waals surface area contributed by atoms with E-state index in [1.807, 2.05) is 43.5 Å². The van der Waals surface area contributed by atoms with E-state index >= 15 is 0 Å². The van der Waals surface area contributed by atoms with Crippen molar-refractivity contribution in [3.05, 3.63) is 145 Å². The van der Waals surface area contributed by atoms with Crippen LogP contribution in [0.25, 0.3) is 60.6 Å². The lowest BCUT2D eigenvalue weighted by molar-refractivity contribution is 0.941. The van der Waals surface area contributed by atoms with Gasteiger partial charge in [-0.25, -0.2) is 9.98 Å². The number of hydrogen-bond donors (Lipinski definition) is 1. The molecular formula is C44H37N7. The number of benzene rings is 4. The van der Waals surface area contributed by atoms with Crippen LogP contribution in [0.4, 0.5) is 0 Å². The van der Waals surface area contributed by atoms with Gasteiger partial charge in [-0.1, -0.05) is 55.7 Å². The largest absolute Gasteiger partial charge is 0.294 e. The van der Waals surface area contributed by atoms with Gasteiger partial charge < -0.3 is 0 Å². The average molecular weight is 664 g/mol. The maximum Gasteiger partial charge on any atom is 0.154 e. The van der Waals surface area contributed by atoms with Gasteiger partial charge in [0.2, 0.25) is 0 Å².